The third-order valence-corrected chi connectivity index (χ3v) is 1.77. The van der Waals surface area contributed by atoms with Crippen molar-refractivity contribution in [3.63, 3.8) is 0 Å². The Labute approximate surface area is 95.6 Å². The van der Waals surface area contributed by atoms with Gasteiger partial charge in [0.05, 0.1) is 6.85 Å². The van der Waals surface area contributed by atoms with Gasteiger partial charge < -0.3 is 5.32 Å². The van der Waals surface area contributed by atoms with Gasteiger partial charge in [0.1, 0.15) is 0 Å². The second-order valence-corrected chi connectivity index (χ2v) is 2.82. The minimum Gasteiger partial charge on any atom is -0.322 e. The van der Waals surface area contributed by atoms with E-state index in [0.29, 0.717) is 5.56 Å². The van der Waals surface area contributed by atoms with E-state index in [1.54, 1.807) is 30.3 Å². The lowest BCUT2D eigenvalue weighted by Gasteiger charge is -2.03. The molecule has 0 spiro atoms. The molecule has 0 radical (unpaired) electrons. The molecular formula is C13H11NO. The first-order chi connectivity index (χ1) is 9.43. The lowest BCUT2D eigenvalue weighted by molar-refractivity contribution is 0.102. The smallest absolute Gasteiger partial charge is 0.255 e. The number of amides is 1. The van der Waals surface area contributed by atoms with Gasteiger partial charge in [0.25, 0.3) is 5.91 Å². The van der Waals surface area contributed by atoms with Crippen LogP contribution in [0.4, 0.5) is 5.69 Å². The zero-order valence-corrected chi connectivity index (χ0v) is 7.79. The van der Waals surface area contributed by atoms with E-state index in [9.17, 15) is 4.79 Å². The van der Waals surface area contributed by atoms with Gasteiger partial charge in [0.2, 0.25) is 0 Å². The van der Waals surface area contributed by atoms with Crippen LogP contribution in [0.1, 0.15) is 17.2 Å². The minimum absolute atomic E-state index is 0.218. The van der Waals surface area contributed by atoms with Crippen LogP contribution in [0, 0.1) is 0 Å². The maximum Gasteiger partial charge on any atom is 0.255 e. The minimum atomic E-state index is -0.524. The largest absolute Gasteiger partial charge is 0.322 e. The van der Waals surface area contributed by atoms with Crippen molar-refractivity contribution in [2.24, 2.45) is 0 Å². The predicted molar refractivity (Wildman–Crippen MR) is 60.8 cm³/mol. The molecule has 0 aromatic heterocycles. The highest BCUT2D eigenvalue weighted by atomic mass is 16.1. The van der Waals surface area contributed by atoms with Crippen LogP contribution >= 0.6 is 0 Å². The molecule has 15 heavy (non-hydrogen) atoms. The number of rotatable bonds is 2. The summed E-state index contributed by atoms with van der Waals surface area (Å²) in [7, 11) is 0. The maximum absolute atomic E-state index is 12.0. The molecule has 0 aliphatic rings. The lowest BCUT2D eigenvalue weighted by Crippen LogP contribution is -2.11. The van der Waals surface area contributed by atoms with E-state index in [-0.39, 0.29) is 5.69 Å². The van der Waals surface area contributed by atoms with Crippen molar-refractivity contribution in [3.8, 4) is 0 Å². The average molecular weight is 202 g/mol. The summed E-state index contributed by atoms with van der Waals surface area (Å²) in [5.41, 5.74) is 0.129. The van der Waals surface area contributed by atoms with Crippen LogP contribution in [0.2, 0.25) is 0 Å². The molecular weight excluding hydrogens is 186 g/mol. The Morgan fingerprint density at radius 3 is 2.40 bits per heavy atom. The fraction of sp³-hybridized carbons (Fsp3) is 0. The van der Waals surface area contributed by atoms with Gasteiger partial charge in [0, 0.05) is 11.3 Å². The number of carbonyl (C=O) groups is 1. The molecule has 0 bridgehead atoms. The van der Waals surface area contributed by atoms with Gasteiger partial charge in [0.15, 0.2) is 0 Å². The molecule has 0 saturated carbocycles. The Balaban J connectivity index is 2.43. The highest BCUT2D eigenvalue weighted by Gasteiger charge is 2.03. The molecule has 0 unspecified atom stereocenters. The van der Waals surface area contributed by atoms with E-state index in [1.165, 1.54) is 0 Å². The summed E-state index contributed by atoms with van der Waals surface area (Å²) in [4.78, 5) is 12.0. The van der Waals surface area contributed by atoms with E-state index in [0.717, 1.165) is 0 Å². The molecule has 0 heterocycles. The molecule has 2 rings (SSSR count). The first-order valence-corrected chi connectivity index (χ1v) is 4.36. The van der Waals surface area contributed by atoms with Gasteiger partial charge in [-0.25, -0.2) is 0 Å². The number of para-hydroxylation sites is 1. The molecule has 2 aromatic rings. The fourth-order valence-electron chi connectivity index (χ4n) is 1.09. The summed E-state index contributed by atoms with van der Waals surface area (Å²) >= 11 is 0. The highest BCUT2D eigenvalue weighted by Crippen LogP contribution is 2.07. The monoisotopic (exact) mass is 202 g/mol. The summed E-state index contributed by atoms with van der Waals surface area (Å²) in [5, 5.41) is 2.37. The standard InChI is InChI=1S/C13H11NO/c15-13(11-7-3-1-4-8-11)14-12-9-5-2-6-10-12/h1-10H,(H,14,15)/i2D,5D,6D,9D,10D. The van der Waals surface area contributed by atoms with E-state index in [4.69, 9.17) is 6.85 Å². The second kappa shape index (κ2) is 4.42. The molecule has 0 fully saturated rings. The fourth-order valence-corrected chi connectivity index (χ4v) is 1.09. The topological polar surface area (TPSA) is 29.1 Å². The molecule has 1 amide bonds. The predicted octanol–water partition coefficient (Wildman–Crippen LogP) is 2.94. The Bertz CT molecular complexity index is 643. The average Bonchev–Trinajstić information content (AvgIpc) is 2.48. The zero-order chi connectivity index (χ0) is 14.9. The first kappa shape index (κ1) is 5.12. The van der Waals surface area contributed by atoms with Gasteiger partial charge in [-0.3, -0.25) is 4.79 Å². The molecule has 1 N–H and O–H groups in total. The van der Waals surface area contributed by atoms with Gasteiger partial charge in [-0.05, 0) is 24.2 Å². The van der Waals surface area contributed by atoms with Crippen molar-refractivity contribution < 1.29 is 11.6 Å². The highest BCUT2D eigenvalue weighted by molar-refractivity contribution is 6.04. The number of benzene rings is 2. The SMILES string of the molecule is [2H]c1c([2H])c([2H])c(NC(=O)c2ccccc2)c([2H])c1[2H]. The van der Waals surface area contributed by atoms with E-state index in [1.807, 2.05) is 0 Å². The number of hydrogen-bond donors (Lipinski definition) is 1. The van der Waals surface area contributed by atoms with Crippen molar-refractivity contribution in [3.05, 3.63) is 66.1 Å². The van der Waals surface area contributed by atoms with Crippen LogP contribution in [0.25, 0.3) is 0 Å². The van der Waals surface area contributed by atoms with Crippen molar-refractivity contribution in [2.75, 3.05) is 5.32 Å². The third-order valence-electron chi connectivity index (χ3n) is 1.77. The normalized spacial score (nSPS) is 14.3. The lowest BCUT2D eigenvalue weighted by atomic mass is 10.2. The number of carbonyl (C=O) groups excluding carboxylic acids is 1. The Kier molecular flexibility index (Phi) is 1.51. The number of anilines is 1. The number of hydrogen-bond acceptors (Lipinski definition) is 1. The van der Waals surface area contributed by atoms with Crippen molar-refractivity contribution in [2.45, 2.75) is 0 Å². The van der Waals surface area contributed by atoms with Crippen LogP contribution < -0.4 is 5.32 Å². The molecule has 0 aliphatic carbocycles. The van der Waals surface area contributed by atoms with E-state index < -0.39 is 36.1 Å². The van der Waals surface area contributed by atoms with Crippen molar-refractivity contribution in [1.29, 1.82) is 0 Å². The van der Waals surface area contributed by atoms with Crippen LogP contribution in [0.15, 0.2) is 60.5 Å². The molecule has 2 aromatic carbocycles. The second-order valence-electron chi connectivity index (χ2n) is 2.82. The van der Waals surface area contributed by atoms with Crippen molar-refractivity contribution in [1.82, 2.24) is 0 Å². The van der Waals surface area contributed by atoms with E-state index in [2.05, 4.69) is 5.32 Å². The third kappa shape index (κ3) is 2.44. The molecule has 2 heteroatoms. The first-order valence-electron chi connectivity index (χ1n) is 6.86. The zero-order valence-electron chi connectivity index (χ0n) is 12.8. The Morgan fingerprint density at radius 1 is 1.07 bits per heavy atom. The van der Waals surface area contributed by atoms with Crippen LogP contribution in [-0.2, 0) is 0 Å². The number of nitrogens with one attached hydrogen (secondary N) is 1. The summed E-state index contributed by atoms with van der Waals surface area (Å²) in [5.74, 6) is -0.524. The summed E-state index contributed by atoms with van der Waals surface area (Å²) in [6, 6.07) is 5.95. The quantitative estimate of drug-likeness (QED) is 0.797. The summed E-state index contributed by atoms with van der Waals surface area (Å²) < 4.78 is 37.9. The van der Waals surface area contributed by atoms with E-state index >= 15 is 0 Å². The maximum atomic E-state index is 12.0. The van der Waals surface area contributed by atoms with Crippen molar-refractivity contribution >= 4 is 11.6 Å². The summed E-state index contributed by atoms with van der Waals surface area (Å²) in [6.45, 7) is 0. The van der Waals surface area contributed by atoms with Gasteiger partial charge in [-0.2, -0.15) is 0 Å². The van der Waals surface area contributed by atoms with Crippen LogP contribution in [-0.4, -0.2) is 5.91 Å². The summed E-state index contributed by atoms with van der Waals surface area (Å²) in [6.07, 6.45) is 0. The van der Waals surface area contributed by atoms with Crippen LogP contribution in [0.5, 0.6) is 0 Å². The molecule has 0 saturated heterocycles. The van der Waals surface area contributed by atoms with Gasteiger partial charge >= 0.3 is 0 Å². The van der Waals surface area contributed by atoms with Gasteiger partial charge in [-0.1, -0.05) is 36.3 Å². The Hall–Kier alpha value is -2.09. The molecule has 0 atom stereocenters. The van der Waals surface area contributed by atoms with Gasteiger partial charge in [-0.15, -0.1) is 0 Å². The molecule has 74 valence electrons. The molecule has 2 nitrogen and oxygen atoms in total. The Morgan fingerprint density at radius 2 is 1.73 bits per heavy atom. The molecule has 0 aliphatic heterocycles. The van der Waals surface area contributed by atoms with Crippen LogP contribution in [0.3, 0.4) is 0 Å².